The van der Waals surface area contributed by atoms with Gasteiger partial charge in [0.1, 0.15) is 13.5 Å². The van der Waals surface area contributed by atoms with Crippen molar-refractivity contribution >= 4 is 23.6 Å². The standard InChI is InChI=1S/C14H29N3O3.C10H22N2O2.C10H22N2O/c1-4-12(3)10-17(8-6-13(19)15-5-2)9-7-14(20)16-11-18;1-4-9(2)7-12(3)6-5-10(14)11-8-13;1-4-9(3)8-11-7-6-10(13)12-5-2/h12,18H,4-11H2,1-3H3,(H,15,19)(H,16,20);9,13H,4-8H2,1-3H3,(H,11,14);9,11H,4-8H2,1-3H3,(H,12,13). The molecule has 0 saturated carbocycles. The number of aliphatic hydroxyl groups is 2. The van der Waals surface area contributed by atoms with E-state index in [4.69, 9.17) is 10.2 Å². The van der Waals surface area contributed by atoms with Crippen LogP contribution < -0.4 is 26.6 Å². The Morgan fingerprint density at radius 3 is 1.40 bits per heavy atom. The minimum Gasteiger partial charge on any atom is -0.377 e. The van der Waals surface area contributed by atoms with E-state index in [1.165, 1.54) is 6.42 Å². The Morgan fingerprint density at radius 1 is 0.574 bits per heavy atom. The van der Waals surface area contributed by atoms with Gasteiger partial charge in [0.15, 0.2) is 0 Å². The van der Waals surface area contributed by atoms with Crippen molar-refractivity contribution in [2.24, 2.45) is 17.8 Å². The van der Waals surface area contributed by atoms with Crippen LogP contribution in [-0.2, 0) is 19.2 Å². The molecule has 3 unspecified atom stereocenters. The van der Waals surface area contributed by atoms with Gasteiger partial charge in [-0.2, -0.15) is 0 Å². The van der Waals surface area contributed by atoms with Crippen LogP contribution in [0.2, 0.25) is 0 Å². The Kier molecular flexibility index (Phi) is 36.5. The molecule has 280 valence electrons. The van der Waals surface area contributed by atoms with Crippen molar-refractivity contribution < 1.29 is 29.4 Å². The fraction of sp³-hybridized carbons (Fsp3) is 0.882. The van der Waals surface area contributed by atoms with Crippen LogP contribution in [0, 0.1) is 17.8 Å². The Bertz CT molecular complexity index is 753. The molecule has 0 aromatic heterocycles. The molecule has 47 heavy (non-hydrogen) atoms. The van der Waals surface area contributed by atoms with E-state index in [0.717, 1.165) is 52.1 Å². The van der Waals surface area contributed by atoms with Crippen molar-refractivity contribution in [2.75, 3.05) is 79.4 Å². The van der Waals surface area contributed by atoms with Crippen LogP contribution in [0.1, 0.15) is 100 Å². The molecule has 7 N–H and O–H groups in total. The molecule has 0 aliphatic carbocycles. The van der Waals surface area contributed by atoms with Crippen molar-refractivity contribution in [3.63, 3.8) is 0 Å². The number of nitrogens with zero attached hydrogens (tertiary/aromatic N) is 2. The summed E-state index contributed by atoms with van der Waals surface area (Å²) >= 11 is 0. The summed E-state index contributed by atoms with van der Waals surface area (Å²) in [6.45, 7) is 23.3. The number of amides is 4. The van der Waals surface area contributed by atoms with Crippen LogP contribution in [-0.4, -0.2) is 123 Å². The topological polar surface area (TPSA) is 175 Å². The van der Waals surface area contributed by atoms with Gasteiger partial charge in [-0.15, -0.1) is 0 Å². The quantitative estimate of drug-likeness (QED) is 0.0563. The summed E-state index contributed by atoms with van der Waals surface area (Å²) in [4.78, 5) is 49.2. The maximum Gasteiger partial charge on any atom is 0.223 e. The second-order valence-electron chi connectivity index (χ2n) is 12.2. The Hall–Kier alpha value is -2.32. The first kappa shape index (κ1) is 49.1. The van der Waals surface area contributed by atoms with E-state index < -0.39 is 0 Å². The summed E-state index contributed by atoms with van der Waals surface area (Å²) in [6, 6.07) is 0. The maximum atomic E-state index is 11.5. The van der Waals surface area contributed by atoms with Crippen molar-refractivity contribution in [3.05, 3.63) is 0 Å². The molecular formula is C34H73N7O6. The van der Waals surface area contributed by atoms with Gasteiger partial charge < -0.3 is 46.6 Å². The van der Waals surface area contributed by atoms with E-state index in [1.54, 1.807) is 0 Å². The first-order valence-corrected chi connectivity index (χ1v) is 17.7. The molecule has 13 heteroatoms. The molecule has 4 amide bonds. The summed E-state index contributed by atoms with van der Waals surface area (Å²) in [5, 5.41) is 30.6. The molecule has 0 aromatic carbocycles. The molecule has 0 spiro atoms. The smallest absolute Gasteiger partial charge is 0.223 e. The van der Waals surface area contributed by atoms with E-state index >= 15 is 0 Å². The van der Waals surface area contributed by atoms with Crippen molar-refractivity contribution in [1.29, 1.82) is 0 Å². The highest BCUT2D eigenvalue weighted by Gasteiger charge is 2.13. The number of aliphatic hydroxyl groups excluding tert-OH is 2. The lowest BCUT2D eigenvalue weighted by Gasteiger charge is -2.24. The number of hydrogen-bond donors (Lipinski definition) is 7. The van der Waals surface area contributed by atoms with E-state index in [2.05, 4.69) is 77.9 Å². The molecule has 0 rings (SSSR count). The summed E-state index contributed by atoms with van der Waals surface area (Å²) in [6.07, 6.45) is 5.25. The van der Waals surface area contributed by atoms with Gasteiger partial charge in [0.25, 0.3) is 0 Å². The average Bonchev–Trinajstić information content (AvgIpc) is 3.04. The minimum absolute atomic E-state index is 0.0430. The van der Waals surface area contributed by atoms with Gasteiger partial charge >= 0.3 is 0 Å². The highest BCUT2D eigenvalue weighted by molar-refractivity contribution is 5.77. The molecule has 0 aromatic rings. The van der Waals surface area contributed by atoms with E-state index in [-0.39, 0.29) is 37.1 Å². The monoisotopic (exact) mass is 676 g/mol. The van der Waals surface area contributed by atoms with Crippen molar-refractivity contribution in [3.8, 4) is 0 Å². The molecule has 13 nitrogen and oxygen atoms in total. The third-order valence-corrected chi connectivity index (χ3v) is 7.64. The zero-order chi connectivity index (χ0) is 36.5. The minimum atomic E-state index is -0.330. The Labute approximate surface area is 286 Å². The van der Waals surface area contributed by atoms with E-state index in [1.807, 2.05) is 20.9 Å². The van der Waals surface area contributed by atoms with Crippen LogP contribution in [0.3, 0.4) is 0 Å². The van der Waals surface area contributed by atoms with E-state index in [9.17, 15) is 19.2 Å². The summed E-state index contributed by atoms with van der Waals surface area (Å²) in [5.41, 5.74) is 0. The third kappa shape index (κ3) is 36.4. The Morgan fingerprint density at radius 2 is 0.979 bits per heavy atom. The summed E-state index contributed by atoms with van der Waals surface area (Å²) in [7, 11) is 2.01. The van der Waals surface area contributed by atoms with Crippen LogP contribution in [0.15, 0.2) is 0 Å². The first-order chi connectivity index (χ1) is 22.3. The lowest BCUT2D eigenvalue weighted by molar-refractivity contribution is -0.123. The number of carbonyl (C=O) groups excluding carboxylic acids is 4. The predicted octanol–water partition coefficient (Wildman–Crippen LogP) is 1.89. The van der Waals surface area contributed by atoms with Gasteiger partial charge in [0.05, 0.1) is 0 Å². The molecule has 0 heterocycles. The highest BCUT2D eigenvalue weighted by atomic mass is 16.3. The van der Waals surface area contributed by atoms with Crippen LogP contribution in [0.4, 0.5) is 0 Å². The van der Waals surface area contributed by atoms with Crippen molar-refractivity contribution in [2.45, 2.75) is 100 Å². The fourth-order valence-corrected chi connectivity index (χ4v) is 4.05. The molecule has 3 atom stereocenters. The molecular weight excluding hydrogens is 602 g/mol. The molecule has 0 fully saturated rings. The first-order valence-electron chi connectivity index (χ1n) is 17.7. The zero-order valence-electron chi connectivity index (χ0n) is 31.4. The second kappa shape index (κ2) is 35.0. The van der Waals surface area contributed by atoms with Crippen LogP contribution in [0.5, 0.6) is 0 Å². The third-order valence-electron chi connectivity index (χ3n) is 7.64. The van der Waals surface area contributed by atoms with Crippen molar-refractivity contribution in [1.82, 2.24) is 36.4 Å². The second-order valence-corrected chi connectivity index (χ2v) is 12.2. The summed E-state index contributed by atoms with van der Waals surface area (Å²) in [5.74, 6) is 1.82. The zero-order valence-corrected chi connectivity index (χ0v) is 31.4. The van der Waals surface area contributed by atoms with Gasteiger partial charge in [0.2, 0.25) is 23.6 Å². The molecule has 0 aliphatic heterocycles. The molecule has 0 radical (unpaired) electrons. The fourth-order valence-electron chi connectivity index (χ4n) is 4.05. The van der Waals surface area contributed by atoms with Crippen LogP contribution in [0.25, 0.3) is 0 Å². The maximum absolute atomic E-state index is 11.5. The number of nitrogens with one attached hydrogen (secondary N) is 5. The van der Waals surface area contributed by atoms with Crippen LogP contribution >= 0.6 is 0 Å². The normalized spacial score (nSPS) is 12.5. The van der Waals surface area contributed by atoms with Gasteiger partial charge in [-0.25, -0.2) is 0 Å². The largest absolute Gasteiger partial charge is 0.377 e. The number of carbonyl (C=O) groups is 4. The average molecular weight is 676 g/mol. The number of hydrogen-bond acceptors (Lipinski definition) is 9. The predicted molar refractivity (Wildman–Crippen MR) is 191 cm³/mol. The Balaban J connectivity index is -0.000000638. The molecule has 0 aliphatic rings. The highest BCUT2D eigenvalue weighted by Crippen LogP contribution is 2.06. The van der Waals surface area contributed by atoms with Gasteiger partial charge in [-0.3, -0.25) is 19.2 Å². The SMILES string of the molecule is CCC(C)CN(C)CCC(=O)NCO.CCNC(=O)CCN(CCC(=O)NCO)CC(C)CC.CCNC(=O)CCNCC(C)CC. The lowest BCUT2D eigenvalue weighted by Crippen LogP contribution is -2.36. The summed E-state index contributed by atoms with van der Waals surface area (Å²) < 4.78 is 0. The van der Waals surface area contributed by atoms with Gasteiger partial charge in [0, 0.05) is 78.0 Å². The van der Waals surface area contributed by atoms with E-state index in [0.29, 0.717) is 63.1 Å². The van der Waals surface area contributed by atoms with Gasteiger partial charge in [-0.1, -0.05) is 60.8 Å². The molecule has 0 saturated heterocycles. The molecule has 0 bridgehead atoms. The van der Waals surface area contributed by atoms with Gasteiger partial charge in [-0.05, 0) is 45.2 Å². The lowest BCUT2D eigenvalue weighted by atomic mass is 10.1. The number of rotatable bonds is 25.